The van der Waals surface area contributed by atoms with Crippen molar-refractivity contribution in [3.63, 3.8) is 0 Å². The van der Waals surface area contributed by atoms with Gasteiger partial charge in [0.2, 0.25) is 0 Å². The lowest BCUT2D eigenvalue weighted by molar-refractivity contribution is 0.0548. The Bertz CT molecular complexity index is 759. The van der Waals surface area contributed by atoms with Crippen molar-refractivity contribution < 1.29 is 14.4 Å². The van der Waals surface area contributed by atoms with Gasteiger partial charge in [0.25, 0.3) is 17.7 Å². The van der Waals surface area contributed by atoms with Crippen LogP contribution in [0.15, 0.2) is 18.2 Å². The number of carbonyl (C=O) groups is 3. The fourth-order valence-electron chi connectivity index (χ4n) is 4.39. The number of nitrogens with zero attached hydrogens (tertiary/aromatic N) is 2. The number of carbonyl (C=O) groups excluding carboxylic acids is 3. The first-order valence-electron chi connectivity index (χ1n) is 9.83. The van der Waals surface area contributed by atoms with Crippen LogP contribution in [0.2, 0.25) is 0 Å². The summed E-state index contributed by atoms with van der Waals surface area (Å²) in [5, 5.41) is 0. The van der Waals surface area contributed by atoms with Crippen molar-refractivity contribution in [1.29, 1.82) is 0 Å². The molecule has 2 saturated carbocycles. The highest BCUT2D eigenvalue weighted by Gasteiger charge is 2.41. The van der Waals surface area contributed by atoms with Gasteiger partial charge in [-0.3, -0.25) is 19.3 Å². The number of benzene rings is 1. The Hall–Kier alpha value is -2.17. The largest absolute Gasteiger partial charge is 0.333 e. The van der Waals surface area contributed by atoms with Crippen LogP contribution in [-0.4, -0.2) is 45.6 Å². The summed E-state index contributed by atoms with van der Waals surface area (Å²) < 4.78 is 0. The molecular formula is C21H26N2O3. The molecule has 138 valence electrons. The summed E-state index contributed by atoms with van der Waals surface area (Å²) >= 11 is 0. The highest BCUT2D eigenvalue weighted by molar-refractivity contribution is 6.22. The van der Waals surface area contributed by atoms with E-state index >= 15 is 0 Å². The molecule has 3 amide bonds. The molecule has 1 heterocycles. The van der Waals surface area contributed by atoms with Gasteiger partial charge in [-0.05, 0) is 57.7 Å². The van der Waals surface area contributed by atoms with Crippen molar-refractivity contribution in [3.05, 3.63) is 34.9 Å². The number of hydrogen-bond donors (Lipinski definition) is 0. The molecule has 1 aromatic carbocycles. The Morgan fingerprint density at radius 1 is 1.00 bits per heavy atom. The van der Waals surface area contributed by atoms with Crippen LogP contribution in [0.4, 0.5) is 0 Å². The maximum Gasteiger partial charge on any atom is 0.261 e. The first-order valence-corrected chi connectivity index (χ1v) is 9.83. The Morgan fingerprint density at radius 2 is 1.65 bits per heavy atom. The van der Waals surface area contributed by atoms with Gasteiger partial charge in [0, 0.05) is 23.7 Å². The van der Waals surface area contributed by atoms with Crippen LogP contribution in [0, 0.1) is 0 Å². The summed E-state index contributed by atoms with van der Waals surface area (Å²) in [5.41, 5.74) is 1.35. The van der Waals surface area contributed by atoms with Crippen molar-refractivity contribution in [2.75, 3.05) is 0 Å². The third-order valence-electron chi connectivity index (χ3n) is 5.84. The molecule has 1 aromatic rings. The highest BCUT2D eigenvalue weighted by Crippen LogP contribution is 2.33. The summed E-state index contributed by atoms with van der Waals surface area (Å²) in [4.78, 5) is 42.0. The molecule has 0 N–H and O–H groups in total. The maximum absolute atomic E-state index is 13.0. The van der Waals surface area contributed by atoms with Gasteiger partial charge in [0.05, 0.1) is 11.1 Å². The van der Waals surface area contributed by atoms with Crippen molar-refractivity contribution in [2.45, 2.75) is 76.9 Å². The SMILES string of the molecule is CC(C)N(C(=O)c1ccc2c(c1)C(=O)N(C1CCCCC1)C2=O)C1CC1. The minimum atomic E-state index is -0.228. The summed E-state index contributed by atoms with van der Waals surface area (Å²) in [7, 11) is 0. The van der Waals surface area contributed by atoms with E-state index in [4.69, 9.17) is 0 Å². The summed E-state index contributed by atoms with van der Waals surface area (Å²) in [6.07, 6.45) is 7.16. The minimum absolute atomic E-state index is 0.00827. The molecular weight excluding hydrogens is 328 g/mol. The van der Waals surface area contributed by atoms with Crippen LogP contribution in [0.3, 0.4) is 0 Å². The number of hydrogen-bond acceptors (Lipinski definition) is 3. The Balaban J connectivity index is 1.62. The Labute approximate surface area is 154 Å². The van der Waals surface area contributed by atoms with Gasteiger partial charge in [0.1, 0.15) is 0 Å². The first-order chi connectivity index (χ1) is 12.5. The normalized spacial score (nSPS) is 20.7. The molecule has 4 rings (SSSR count). The van der Waals surface area contributed by atoms with Gasteiger partial charge in [-0.1, -0.05) is 19.3 Å². The van der Waals surface area contributed by atoms with E-state index in [0.717, 1.165) is 38.5 Å². The molecule has 0 radical (unpaired) electrons. The predicted molar refractivity (Wildman–Crippen MR) is 98.1 cm³/mol. The van der Waals surface area contributed by atoms with E-state index in [2.05, 4.69) is 0 Å². The average molecular weight is 354 g/mol. The van der Waals surface area contributed by atoms with Crippen molar-refractivity contribution in [1.82, 2.24) is 9.80 Å². The molecule has 0 unspecified atom stereocenters. The molecule has 0 atom stereocenters. The lowest BCUT2D eigenvalue weighted by atomic mass is 9.94. The second-order valence-electron chi connectivity index (χ2n) is 8.07. The molecule has 3 aliphatic rings. The van der Waals surface area contributed by atoms with E-state index < -0.39 is 0 Å². The molecule has 2 fully saturated rings. The van der Waals surface area contributed by atoms with Gasteiger partial charge in [-0.25, -0.2) is 0 Å². The Morgan fingerprint density at radius 3 is 2.27 bits per heavy atom. The Kier molecular flexibility index (Phi) is 4.33. The van der Waals surface area contributed by atoms with Crippen LogP contribution in [-0.2, 0) is 0 Å². The monoisotopic (exact) mass is 354 g/mol. The molecule has 0 aromatic heterocycles. The second-order valence-corrected chi connectivity index (χ2v) is 8.07. The lowest BCUT2D eigenvalue weighted by Crippen LogP contribution is -2.40. The van der Waals surface area contributed by atoms with E-state index in [0.29, 0.717) is 22.7 Å². The van der Waals surface area contributed by atoms with E-state index in [1.165, 1.54) is 11.3 Å². The van der Waals surface area contributed by atoms with Gasteiger partial charge >= 0.3 is 0 Å². The van der Waals surface area contributed by atoms with Crippen LogP contribution < -0.4 is 0 Å². The van der Waals surface area contributed by atoms with Gasteiger partial charge < -0.3 is 4.90 Å². The summed E-state index contributed by atoms with van der Waals surface area (Å²) in [6.45, 7) is 4.03. The minimum Gasteiger partial charge on any atom is -0.333 e. The predicted octanol–water partition coefficient (Wildman–Crippen LogP) is 3.63. The van der Waals surface area contributed by atoms with Crippen molar-refractivity contribution in [2.24, 2.45) is 0 Å². The quantitative estimate of drug-likeness (QED) is 0.776. The summed E-state index contributed by atoms with van der Waals surface area (Å²) in [5.74, 6) is -0.463. The fraction of sp³-hybridized carbons (Fsp3) is 0.571. The smallest absolute Gasteiger partial charge is 0.261 e. The molecule has 5 heteroatoms. The molecule has 1 aliphatic heterocycles. The van der Waals surface area contributed by atoms with E-state index in [1.54, 1.807) is 18.2 Å². The van der Waals surface area contributed by atoms with Crippen molar-refractivity contribution in [3.8, 4) is 0 Å². The fourth-order valence-corrected chi connectivity index (χ4v) is 4.39. The number of rotatable bonds is 4. The second kappa shape index (κ2) is 6.53. The topological polar surface area (TPSA) is 57.7 Å². The van der Waals surface area contributed by atoms with Gasteiger partial charge in [-0.2, -0.15) is 0 Å². The number of imide groups is 1. The van der Waals surface area contributed by atoms with E-state index in [-0.39, 0.29) is 29.8 Å². The van der Waals surface area contributed by atoms with E-state index in [9.17, 15) is 14.4 Å². The van der Waals surface area contributed by atoms with Crippen LogP contribution in [0.25, 0.3) is 0 Å². The third-order valence-corrected chi connectivity index (χ3v) is 5.84. The molecule has 0 bridgehead atoms. The number of fused-ring (bicyclic) bond motifs is 1. The summed E-state index contributed by atoms with van der Waals surface area (Å²) in [6, 6.07) is 5.45. The molecule has 26 heavy (non-hydrogen) atoms. The van der Waals surface area contributed by atoms with Crippen LogP contribution in [0.5, 0.6) is 0 Å². The van der Waals surface area contributed by atoms with Gasteiger partial charge in [0.15, 0.2) is 0 Å². The standard InChI is InChI=1S/C21H26N2O3/c1-13(2)22(16-9-10-16)19(24)14-8-11-17-18(12-14)21(26)23(20(17)25)15-6-4-3-5-7-15/h8,11-13,15-16H,3-7,9-10H2,1-2H3. The zero-order chi connectivity index (χ0) is 18.4. The lowest BCUT2D eigenvalue weighted by Gasteiger charge is -2.29. The molecule has 2 aliphatic carbocycles. The van der Waals surface area contributed by atoms with E-state index in [1.807, 2.05) is 18.7 Å². The maximum atomic E-state index is 13.0. The third kappa shape index (κ3) is 2.83. The average Bonchev–Trinajstić information content (AvgIpc) is 3.43. The number of amides is 3. The molecule has 0 spiro atoms. The molecule has 0 saturated heterocycles. The molecule has 5 nitrogen and oxygen atoms in total. The zero-order valence-corrected chi connectivity index (χ0v) is 15.5. The van der Waals surface area contributed by atoms with Crippen LogP contribution >= 0.6 is 0 Å². The van der Waals surface area contributed by atoms with Crippen molar-refractivity contribution >= 4 is 17.7 Å². The van der Waals surface area contributed by atoms with Crippen LogP contribution in [0.1, 0.15) is 89.9 Å². The van der Waals surface area contributed by atoms with Gasteiger partial charge in [-0.15, -0.1) is 0 Å². The first kappa shape index (κ1) is 17.3. The zero-order valence-electron chi connectivity index (χ0n) is 15.5. The highest BCUT2D eigenvalue weighted by atomic mass is 16.2.